The van der Waals surface area contributed by atoms with Crippen LogP contribution in [0, 0.1) is 20.8 Å². The fraction of sp³-hybridized carbons (Fsp3) is 0.333. The van der Waals surface area contributed by atoms with Crippen LogP contribution in [0.2, 0.25) is 0 Å². The van der Waals surface area contributed by atoms with E-state index in [-0.39, 0.29) is 0 Å². The summed E-state index contributed by atoms with van der Waals surface area (Å²) in [5.41, 5.74) is 4.30. The van der Waals surface area contributed by atoms with Crippen LogP contribution in [-0.4, -0.2) is 14.6 Å². The molecule has 0 saturated carbocycles. The highest BCUT2D eigenvalue weighted by molar-refractivity contribution is 5.48. The van der Waals surface area contributed by atoms with Crippen molar-refractivity contribution in [3.8, 4) is 0 Å². The molecule has 0 saturated heterocycles. The zero-order chi connectivity index (χ0) is 8.72. The molecule has 0 radical (unpaired) electrons. The van der Waals surface area contributed by atoms with E-state index in [0.717, 1.165) is 17.0 Å². The number of aromatic nitrogens is 3. The summed E-state index contributed by atoms with van der Waals surface area (Å²) in [5, 5.41) is 4.22. The van der Waals surface area contributed by atoms with Crippen molar-refractivity contribution in [2.45, 2.75) is 20.8 Å². The number of nitrogens with zero attached hydrogens (tertiary/aromatic N) is 3. The van der Waals surface area contributed by atoms with Crippen LogP contribution in [0.15, 0.2) is 12.3 Å². The minimum Gasteiger partial charge on any atom is -0.232 e. The maximum absolute atomic E-state index is 4.41. The van der Waals surface area contributed by atoms with Crippen molar-refractivity contribution in [2.24, 2.45) is 0 Å². The van der Waals surface area contributed by atoms with E-state index in [2.05, 4.69) is 10.1 Å². The van der Waals surface area contributed by atoms with E-state index in [0.29, 0.717) is 0 Å². The normalized spacial score (nSPS) is 10.9. The van der Waals surface area contributed by atoms with Crippen LogP contribution in [0.4, 0.5) is 0 Å². The summed E-state index contributed by atoms with van der Waals surface area (Å²) in [6.45, 7) is 6.08. The van der Waals surface area contributed by atoms with Crippen molar-refractivity contribution in [1.29, 1.82) is 0 Å². The Morgan fingerprint density at radius 2 is 2.00 bits per heavy atom. The number of hydrogen-bond acceptors (Lipinski definition) is 2. The predicted molar refractivity (Wildman–Crippen MR) is 47.2 cm³/mol. The predicted octanol–water partition coefficient (Wildman–Crippen LogP) is 1.65. The number of imidazole rings is 1. The largest absolute Gasteiger partial charge is 0.232 e. The van der Waals surface area contributed by atoms with Crippen molar-refractivity contribution in [2.75, 3.05) is 0 Å². The third-order valence-corrected chi connectivity index (χ3v) is 2.17. The Morgan fingerprint density at radius 3 is 2.67 bits per heavy atom. The lowest BCUT2D eigenvalue weighted by Gasteiger charge is -1.95. The smallest absolute Gasteiger partial charge is 0.156 e. The molecule has 0 bridgehead atoms. The molecule has 2 aromatic rings. The van der Waals surface area contributed by atoms with Crippen LogP contribution in [0.25, 0.3) is 5.65 Å². The van der Waals surface area contributed by atoms with E-state index >= 15 is 0 Å². The van der Waals surface area contributed by atoms with Crippen molar-refractivity contribution >= 4 is 5.65 Å². The first-order valence-corrected chi connectivity index (χ1v) is 3.97. The summed E-state index contributed by atoms with van der Waals surface area (Å²) in [6, 6.07) is 1.97. The van der Waals surface area contributed by atoms with Crippen LogP contribution >= 0.6 is 0 Å². The van der Waals surface area contributed by atoms with E-state index in [1.165, 1.54) is 5.56 Å². The molecule has 0 aliphatic carbocycles. The van der Waals surface area contributed by atoms with E-state index in [4.69, 9.17) is 0 Å². The Balaban J connectivity index is 2.95. The lowest BCUT2D eigenvalue weighted by Crippen LogP contribution is -1.94. The number of aryl methyl sites for hydroxylation is 3. The van der Waals surface area contributed by atoms with Gasteiger partial charge >= 0.3 is 0 Å². The highest BCUT2D eigenvalue weighted by Crippen LogP contribution is 2.11. The lowest BCUT2D eigenvalue weighted by atomic mass is 10.3. The van der Waals surface area contributed by atoms with Crippen molar-refractivity contribution < 1.29 is 0 Å². The van der Waals surface area contributed by atoms with Crippen molar-refractivity contribution in [3.05, 3.63) is 29.2 Å². The highest BCUT2D eigenvalue weighted by atomic mass is 15.3. The van der Waals surface area contributed by atoms with Gasteiger partial charge in [0.05, 0.1) is 11.4 Å². The molecular formula is C9H11N3. The molecule has 2 heterocycles. The average Bonchev–Trinajstić information content (AvgIpc) is 2.32. The number of rotatable bonds is 0. The standard InChI is InChI=1S/C9H11N3/c1-6-4-5-10-12-8(3)7(2)11-9(6)12/h4-5H,1-3H3. The van der Waals surface area contributed by atoms with Gasteiger partial charge in [-0.1, -0.05) is 0 Å². The second kappa shape index (κ2) is 2.30. The Hall–Kier alpha value is -1.38. The topological polar surface area (TPSA) is 30.2 Å². The third kappa shape index (κ3) is 0.826. The summed E-state index contributed by atoms with van der Waals surface area (Å²) in [7, 11) is 0. The molecule has 0 fully saturated rings. The molecule has 0 N–H and O–H groups in total. The Bertz CT molecular complexity index is 429. The van der Waals surface area contributed by atoms with Gasteiger partial charge < -0.3 is 0 Å². The van der Waals surface area contributed by atoms with Gasteiger partial charge in [-0.3, -0.25) is 0 Å². The molecule has 0 amide bonds. The molecule has 0 unspecified atom stereocenters. The van der Waals surface area contributed by atoms with Gasteiger partial charge in [0, 0.05) is 6.20 Å². The molecule has 2 rings (SSSR count). The zero-order valence-electron chi connectivity index (χ0n) is 7.50. The summed E-state index contributed by atoms with van der Waals surface area (Å²) in [6.07, 6.45) is 1.80. The van der Waals surface area contributed by atoms with Gasteiger partial charge in [-0.2, -0.15) is 5.10 Å². The average molecular weight is 161 g/mol. The van der Waals surface area contributed by atoms with Crippen LogP contribution in [0.1, 0.15) is 17.0 Å². The maximum Gasteiger partial charge on any atom is 0.156 e. The summed E-state index contributed by atoms with van der Waals surface area (Å²) < 4.78 is 1.88. The van der Waals surface area contributed by atoms with Crippen LogP contribution in [0.5, 0.6) is 0 Å². The Labute approximate surface area is 71.1 Å². The Kier molecular flexibility index (Phi) is 1.40. The maximum atomic E-state index is 4.41. The molecule has 0 spiro atoms. The van der Waals surface area contributed by atoms with Crippen LogP contribution in [0.3, 0.4) is 0 Å². The first-order chi connectivity index (χ1) is 5.70. The minimum absolute atomic E-state index is 0.965. The highest BCUT2D eigenvalue weighted by Gasteiger charge is 2.05. The molecule has 0 aliphatic rings. The molecule has 0 aromatic carbocycles. The van der Waals surface area contributed by atoms with E-state index in [1.54, 1.807) is 6.20 Å². The van der Waals surface area contributed by atoms with Gasteiger partial charge in [-0.15, -0.1) is 0 Å². The van der Waals surface area contributed by atoms with E-state index in [9.17, 15) is 0 Å². The van der Waals surface area contributed by atoms with Gasteiger partial charge in [0.25, 0.3) is 0 Å². The van der Waals surface area contributed by atoms with Crippen molar-refractivity contribution in [1.82, 2.24) is 14.6 Å². The fourth-order valence-electron chi connectivity index (χ4n) is 1.28. The second-order valence-electron chi connectivity index (χ2n) is 3.03. The molecule has 0 atom stereocenters. The van der Waals surface area contributed by atoms with Gasteiger partial charge in [0.15, 0.2) is 5.65 Å². The zero-order valence-corrected chi connectivity index (χ0v) is 7.50. The van der Waals surface area contributed by atoms with Gasteiger partial charge in [0.2, 0.25) is 0 Å². The van der Waals surface area contributed by atoms with Gasteiger partial charge in [-0.05, 0) is 32.4 Å². The summed E-state index contributed by atoms with van der Waals surface area (Å²) in [4.78, 5) is 4.41. The summed E-state index contributed by atoms with van der Waals surface area (Å²) in [5.74, 6) is 0. The quantitative estimate of drug-likeness (QED) is 0.588. The van der Waals surface area contributed by atoms with Crippen molar-refractivity contribution in [3.63, 3.8) is 0 Å². The van der Waals surface area contributed by atoms with Gasteiger partial charge in [-0.25, -0.2) is 9.50 Å². The first-order valence-electron chi connectivity index (χ1n) is 3.97. The molecule has 0 aliphatic heterocycles. The molecule has 12 heavy (non-hydrogen) atoms. The molecule has 62 valence electrons. The second-order valence-corrected chi connectivity index (χ2v) is 3.03. The Morgan fingerprint density at radius 1 is 1.25 bits per heavy atom. The molecule has 3 nitrogen and oxygen atoms in total. The van der Waals surface area contributed by atoms with E-state index in [1.807, 2.05) is 31.4 Å². The fourth-order valence-corrected chi connectivity index (χ4v) is 1.28. The van der Waals surface area contributed by atoms with Crippen LogP contribution in [-0.2, 0) is 0 Å². The lowest BCUT2D eigenvalue weighted by molar-refractivity contribution is 0.889. The summed E-state index contributed by atoms with van der Waals surface area (Å²) >= 11 is 0. The third-order valence-electron chi connectivity index (χ3n) is 2.17. The number of fused-ring (bicyclic) bond motifs is 1. The monoisotopic (exact) mass is 161 g/mol. The molecule has 2 aromatic heterocycles. The first kappa shape index (κ1) is 7.28. The molecule has 3 heteroatoms. The minimum atomic E-state index is 0.965. The number of hydrogen-bond donors (Lipinski definition) is 0. The van der Waals surface area contributed by atoms with Gasteiger partial charge in [0.1, 0.15) is 0 Å². The SMILES string of the molecule is Cc1nc2c(C)ccnn2c1C. The van der Waals surface area contributed by atoms with Crippen LogP contribution < -0.4 is 0 Å². The van der Waals surface area contributed by atoms with E-state index < -0.39 is 0 Å². The molecular weight excluding hydrogens is 150 g/mol.